The Balaban J connectivity index is 0.00000256. The van der Waals surface area contributed by atoms with Crippen molar-refractivity contribution in [1.29, 1.82) is 0 Å². The van der Waals surface area contributed by atoms with Gasteiger partial charge in [-0.25, -0.2) is 0 Å². The number of likely N-dealkylation sites (tertiary alicyclic amines) is 2. The second-order valence-electron chi connectivity index (χ2n) is 8.88. The first-order chi connectivity index (χ1) is 14.1. The zero-order chi connectivity index (χ0) is 20.4. The van der Waals surface area contributed by atoms with E-state index in [9.17, 15) is 9.59 Å². The van der Waals surface area contributed by atoms with Crippen LogP contribution in [0.15, 0.2) is 17.1 Å². The van der Waals surface area contributed by atoms with Crippen molar-refractivity contribution in [3.05, 3.63) is 12.2 Å². The first-order valence-electron chi connectivity index (χ1n) is 11.4. The third kappa shape index (κ3) is 4.69. The third-order valence-corrected chi connectivity index (χ3v) is 7.08. The number of aliphatic imine (C=N–C) groups is 1. The van der Waals surface area contributed by atoms with Crippen LogP contribution in [0.25, 0.3) is 0 Å². The molecule has 2 N–H and O–H groups in total. The van der Waals surface area contributed by atoms with Crippen molar-refractivity contribution >= 4 is 41.8 Å². The third-order valence-electron chi connectivity index (χ3n) is 7.08. The van der Waals surface area contributed by atoms with Crippen LogP contribution in [0.1, 0.15) is 33.1 Å². The summed E-state index contributed by atoms with van der Waals surface area (Å²) in [5.41, 5.74) is 0. The summed E-state index contributed by atoms with van der Waals surface area (Å²) in [6, 6.07) is 0. The van der Waals surface area contributed by atoms with E-state index in [1.165, 1.54) is 17.9 Å². The van der Waals surface area contributed by atoms with Crippen LogP contribution in [0.5, 0.6) is 0 Å². The predicted molar refractivity (Wildman–Crippen MR) is 129 cm³/mol. The maximum Gasteiger partial charge on any atom is 0.233 e. The summed E-state index contributed by atoms with van der Waals surface area (Å²) in [6.45, 7) is 10.6. The topological polar surface area (TPSA) is 77.0 Å². The number of rotatable bonds is 8. The zero-order valence-corrected chi connectivity index (χ0v) is 20.5. The van der Waals surface area contributed by atoms with E-state index in [1.807, 2.05) is 0 Å². The first kappa shape index (κ1) is 23.5. The van der Waals surface area contributed by atoms with Gasteiger partial charge in [-0.05, 0) is 57.0 Å². The Hall–Kier alpha value is -1.16. The molecular weight excluding hydrogens is 493 g/mol. The standard InChI is InChI=1S/C22H35N5O2.HI/c1-3-23-22(25-13-15-8-11-26(4-2)14-15)24-9-5-10-27-20(28)18-16-6-7-17(12-16)19(18)21(27)29;/h6-7,15-19H,3-5,8-14H2,1-2H3,(H2,23,24,25);1H. The molecule has 3 fully saturated rings. The molecule has 2 saturated heterocycles. The molecule has 2 aliphatic heterocycles. The van der Waals surface area contributed by atoms with E-state index in [0.29, 0.717) is 19.0 Å². The lowest BCUT2D eigenvalue weighted by Gasteiger charge is -2.18. The van der Waals surface area contributed by atoms with Crippen LogP contribution in [0.3, 0.4) is 0 Å². The summed E-state index contributed by atoms with van der Waals surface area (Å²) in [6.07, 6.45) is 7.24. The number of carbonyl (C=O) groups is 2. The van der Waals surface area contributed by atoms with Gasteiger partial charge in [-0.15, -0.1) is 24.0 Å². The molecule has 30 heavy (non-hydrogen) atoms. The second-order valence-corrected chi connectivity index (χ2v) is 8.88. The van der Waals surface area contributed by atoms with Gasteiger partial charge < -0.3 is 15.5 Å². The van der Waals surface area contributed by atoms with E-state index in [4.69, 9.17) is 4.99 Å². The summed E-state index contributed by atoms with van der Waals surface area (Å²) in [7, 11) is 0. The number of nitrogens with one attached hydrogen (secondary N) is 2. The molecule has 0 radical (unpaired) electrons. The van der Waals surface area contributed by atoms with Crippen molar-refractivity contribution in [2.45, 2.75) is 33.1 Å². The van der Waals surface area contributed by atoms with Crippen LogP contribution in [0.2, 0.25) is 0 Å². The lowest BCUT2D eigenvalue weighted by molar-refractivity contribution is -0.140. The fraction of sp³-hybridized carbons (Fsp3) is 0.773. The molecule has 2 aliphatic carbocycles. The summed E-state index contributed by atoms with van der Waals surface area (Å²) >= 11 is 0. The Morgan fingerprint density at radius 3 is 2.43 bits per heavy atom. The molecule has 0 aromatic heterocycles. The highest BCUT2D eigenvalue weighted by atomic mass is 127. The molecule has 4 aliphatic rings. The molecule has 1 saturated carbocycles. The van der Waals surface area contributed by atoms with Gasteiger partial charge in [-0.2, -0.15) is 0 Å². The number of amides is 2. The van der Waals surface area contributed by atoms with E-state index >= 15 is 0 Å². The van der Waals surface area contributed by atoms with Gasteiger partial charge in [0.1, 0.15) is 0 Å². The van der Waals surface area contributed by atoms with Gasteiger partial charge in [0.2, 0.25) is 11.8 Å². The lowest BCUT2D eigenvalue weighted by atomic mass is 9.85. The van der Waals surface area contributed by atoms with Crippen LogP contribution in [-0.4, -0.2) is 73.4 Å². The number of imide groups is 1. The fourth-order valence-electron chi connectivity index (χ4n) is 5.54. The van der Waals surface area contributed by atoms with Crippen molar-refractivity contribution < 1.29 is 9.59 Å². The molecule has 0 aromatic carbocycles. The quantitative estimate of drug-likeness (QED) is 0.125. The molecule has 4 rings (SSSR count). The minimum absolute atomic E-state index is 0. The number of allylic oxidation sites excluding steroid dienone is 2. The lowest BCUT2D eigenvalue weighted by Crippen LogP contribution is -2.40. The van der Waals surface area contributed by atoms with E-state index in [2.05, 4.69) is 41.5 Å². The molecule has 8 heteroatoms. The summed E-state index contributed by atoms with van der Waals surface area (Å²) in [5.74, 6) is 1.98. The average Bonchev–Trinajstić information content (AvgIpc) is 3.49. The first-order valence-corrected chi connectivity index (χ1v) is 11.4. The Morgan fingerprint density at radius 1 is 1.13 bits per heavy atom. The van der Waals surface area contributed by atoms with Crippen LogP contribution in [0, 0.1) is 29.6 Å². The van der Waals surface area contributed by atoms with E-state index in [1.54, 1.807) is 0 Å². The highest BCUT2D eigenvalue weighted by Crippen LogP contribution is 2.52. The predicted octanol–water partition coefficient (Wildman–Crippen LogP) is 1.70. The Morgan fingerprint density at radius 2 is 1.83 bits per heavy atom. The molecule has 7 nitrogen and oxygen atoms in total. The molecule has 0 spiro atoms. The number of nitrogens with zero attached hydrogens (tertiary/aromatic N) is 3. The van der Waals surface area contributed by atoms with Crippen LogP contribution < -0.4 is 10.6 Å². The Bertz CT molecular complexity index is 667. The Labute approximate surface area is 197 Å². The number of fused-ring (bicyclic) bond motifs is 5. The van der Waals surface area contributed by atoms with Crippen molar-refractivity contribution in [1.82, 2.24) is 20.4 Å². The van der Waals surface area contributed by atoms with Crippen molar-refractivity contribution in [2.75, 3.05) is 45.8 Å². The van der Waals surface area contributed by atoms with Gasteiger partial charge in [0.25, 0.3) is 0 Å². The average molecular weight is 529 g/mol. The molecule has 5 atom stereocenters. The van der Waals surface area contributed by atoms with E-state index < -0.39 is 0 Å². The summed E-state index contributed by atoms with van der Waals surface area (Å²) in [5, 5.41) is 6.67. The zero-order valence-electron chi connectivity index (χ0n) is 18.2. The molecule has 2 heterocycles. The monoisotopic (exact) mass is 529 g/mol. The minimum Gasteiger partial charge on any atom is -0.357 e. The van der Waals surface area contributed by atoms with Gasteiger partial charge in [-0.1, -0.05) is 19.1 Å². The number of hydrogen-bond donors (Lipinski definition) is 2. The molecular formula is C22H36IN5O2. The van der Waals surface area contributed by atoms with Crippen molar-refractivity contribution in [3.63, 3.8) is 0 Å². The summed E-state index contributed by atoms with van der Waals surface area (Å²) < 4.78 is 0. The second kappa shape index (κ2) is 10.4. The highest BCUT2D eigenvalue weighted by molar-refractivity contribution is 14.0. The van der Waals surface area contributed by atoms with E-state index in [0.717, 1.165) is 45.0 Å². The van der Waals surface area contributed by atoms with Crippen molar-refractivity contribution in [3.8, 4) is 0 Å². The van der Waals surface area contributed by atoms with Gasteiger partial charge in [-0.3, -0.25) is 19.5 Å². The number of carbonyl (C=O) groups excluding carboxylic acids is 2. The number of hydrogen-bond acceptors (Lipinski definition) is 4. The smallest absolute Gasteiger partial charge is 0.233 e. The van der Waals surface area contributed by atoms with Gasteiger partial charge in [0.15, 0.2) is 5.96 Å². The Kier molecular flexibility index (Phi) is 8.17. The molecule has 5 unspecified atom stereocenters. The minimum atomic E-state index is -0.0848. The maximum absolute atomic E-state index is 12.7. The fourth-order valence-corrected chi connectivity index (χ4v) is 5.54. The molecule has 2 amide bonds. The number of halogens is 1. The molecule has 168 valence electrons. The van der Waals surface area contributed by atoms with Gasteiger partial charge in [0, 0.05) is 32.7 Å². The SMILES string of the molecule is CCNC(=NCC1CCN(CC)C1)NCCCN1C(=O)C2C3C=CC(C3)C2C1=O.I. The van der Waals surface area contributed by atoms with E-state index in [-0.39, 0.29) is 59.5 Å². The van der Waals surface area contributed by atoms with Crippen molar-refractivity contribution in [2.24, 2.45) is 34.6 Å². The highest BCUT2D eigenvalue weighted by Gasteiger charge is 2.58. The number of guanidine groups is 1. The largest absolute Gasteiger partial charge is 0.357 e. The molecule has 0 aromatic rings. The maximum atomic E-state index is 12.7. The molecule has 2 bridgehead atoms. The van der Waals surface area contributed by atoms with Crippen LogP contribution in [-0.2, 0) is 9.59 Å². The van der Waals surface area contributed by atoms with Gasteiger partial charge >= 0.3 is 0 Å². The summed E-state index contributed by atoms with van der Waals surface area (Å²) in [4.78, 5) is 34.2. The van der Waals surface area contributed by atoms with Gasteiger partial charge in [0.05, 0.1) is 11.8 Å². The van der Waals surface area contributed by atoms with Crippen LogP contribution in [0.4, 0.5) is 0 Å². The normalized spacial score (nSPS) is 32.7. The van der Waals surface area contributed by atoms with Crippen LogP contribution >= 0.6 is 24.0 Å².